The predicted octanol–water partition coefficient (Wildman–Crippen LogP) is 1.85. The number of rotatable bonds is 3. The highest BCUT2D eigenvalue weighted by Gasteiger charge is 2.15. The molecular formula is C12H16N2OS2. The van der Waals surface area contributed by atoms with Crippen LogP contribution in [0, 0.1) is 0 Å². The number of anilines is 1. The summed E-state index contributed by atoms with van der Waals surface area (Å²) in [6, 6.07) is 7.01. The number of hydrogen-bond acceptors (Lipinski definition) is 4. The van der Waals surface area contributed by atoms with Crippen LogP contribution in [0.1, 0.15) is 10.4 Å². The minimum atomic E-state index is -0.0128. The molecule has 0 bridgehead atoms. The molecule has 5 heteroatoms. The first-order valence-corrected chi connectivity index (χ1v) is 7.79. The Kier molecular flexibility index (Phi) is 4.62. The molecule has 1 aliphatic heterocycles. The lowest BCUT2D eigenvalue weighted by atomic mass is 10.2. The number of amides is 1. The molecule has 3 nitrogen and oxygen atoms in total. The SMILES string of the molecule is Nc1ccc(C(=O)NCC2CSCCS2)cc1. The van der Waals surface area contributed by atoms with Crippen LogP contribution in [0.3, 0.4) is 0 Å². The first kappa shape index (κ1) is 12.6. The summed E-state index contributed by atoms with van der Waals surface area (Å²) in [7, 11) is 0. The Balaban J connectivity index is 1.82. The average Bonchev–Trinajstić information content (AvgIpc) is 2.38. The maximum atomic E-state index is 11.8. The van der Waals surface area contributed by atoms with Crippen molar-refractivity contribution in [2.24, 2.45) is 0 Å². The van der Waals surface area contributed by atoms with Crippen molar-refractivity contribution in [1.29, 1.82) is 0 Å². The summed E-state index contributed by atoms with van der Waals surface area (Å²) in [5.74, 6) is 3.54. The molecule has 3 N–H and O–H groups in total. The van der Waals surface area contributed by atoms with Crippen molar-refractivity contribution < 1.29 is 4.79 Å². The number of nitrogen functional groups attached to an aromatic ring is 1. The topological polar surface area (TPSA) is 55.1 Å². The molecule has 1 fully saturated rings. The second-order valence-corrected chi connectivity index (χ2v) is 6.46. The standard InChI is InChI=1S/C12H16N2OS2/c13-10-3-1-9(2-4-10)12(15)14-7-11-8-16-5-6-17-11/h1-4,11H,5-8,13H2,(H,14,15). The highest BCUT2D eigenvalue weighted by atomic mass is 32.2. The molecule has 1 unspecified atom stereocenters. The van der Waals surface area contributed by atoms with Crippen LogP contribution >= 0.6 is 23.5 Å². The monoisotopic (exact) mass is 268 g/mol. The summed E-state index contributed by atoms with van der Waals surface area (Å²) in [6.45, 7) is 0.751. The number of carbonyl (C=O) groups is 1. The maximum Gasteiger partial charge on any atom is 0.251 e. The van der Waals surface area contributed by atoms with Crippen LogP contribution < -0.4 is 11.1 Å². The van der Waals surface area contributed by atoms with Gasteiger partial charge in [0.05, 0.1) is 0 Å². The lowest BCUT2D eigenvalue weighted by Crippen LogP contribution is -2.33. The third-order valence-electron chi connectivity index (χ3n) is 2.55. The summed E-state index contributed by atoms with van der Waals surface area (Å²) in [4.78, 5) is 11.8. The van der Waals surface area contributed by atoms with Gasteiger partial charge in [-0.1, -0.05) is 0 Å². The van der Waals surface area contributed by atoms with E-state index in [-0.39, 0.29) is 5.91 Å². The van der Waals surface area contributed by atoms with Gasteiger partial charge in [-0.2, -0.15) is 23.5 Å². The van der Waals surface area contributed by atoms with E-state index in [1.807, 2.05) is 23.5 Å². The van der Waals surface area contributed by atoms with Crippen LogP contribution in [0.5, 0.6) is 0 Å². The van der Waals surface area contributed by atoms with Crippen LogP contribution in [-0.4, -0.2) is 35.0 Å². The van der Waals surface area contributed by atoms with E-state index < -0.39 is 0 Å². The molecule has 1 atom stereocenters. The van der Waals surface area contributed by atoms with Gasteiger partial charge in [-0.3, -0.25) is 4.79 Å². The smallest absolute Gasteiger partial charge is 0.251 e. The van der Waals surface area contributed by atoms with Crippen LogP contribution in [0.25, 0.3) is 0 Å². The number of hydrogen-bond donors (Lipinski definition) is 2. The Morgan fingerprint density at radius 1 is 1.35 bits per heavy atom. The van der Waals surface area contributed by atoms with E-state index in [2.05, 4.69) is 5.32 Å². The van der Waals surface area contributed by atoms with Gasteiger partial charge in [-0.15, -0.1) is 0 Å². The second-order valence-electron chi connectivity index (χ2n) is 3.90. The second kappa shape index (κ2) is 6.21. The lowest BCUT2D eigenvalue weighted by Gasteiger charge is -2.21. The molecule has 0 aromatic heterocycles. The van der Waals surface area contributed by atoms with E-state index in [4.69, 9.17) is 5.73 Å². The fraction of sp³-hybridized carbons (Fsp3) is 0.417. The largest absolute Gasteiger partial charge is 0.399 e. The van der Waals surface area contributed by atoms with Crippen molar-refractivity contribution in [3.8, 4) is 0 Å². The molecule has 0 radical (unpaired) electrons. The molecule has 1 heterocycles. The molecule has 17 heavy (non-hydrogen) atoms. The molecule has 1 aromatic carbocycles. The summed E-state index contributed by atoms with van der Waals surface area (Å²) < 4.78 is 0. The minimum absolute atomic E-state index is 0.0128. The van der Waals surface area contributed by atoms with E-state index in [9.17, 15) is 4.79 Å². The highest BCUT2D eigenvalue weighted by molar-refractivity contribution is 8.06. The van der Waals surface area contributed by atoms with E-state index >= 15 is 0 Å². The van der Waals surface area contributed by atoms with Gasteiger partial charge in [0.25, 0.3) is 5.91 Å². The molecule has 0 spiro atoms. The third-order valence-corrected chi connectivity index (χ3v) is 5.39. The number of thioether (sulfide) groups is 2. The third kappa shape index (κ3) is 3.85. The molecule has 1 aliphatic rings. The van der Waals surface area contributed by atoms with Crippen molar-refractivity contribution in [1.82, 2.24) is 5.32 Å². The molecule has 0 saturated carbocycles. The van der Waals surface area contributed by atoms with Gasteiger partial charge >= 0.3 is 0 Å². The highest BCUT2D eigenvalue weighted by Crippen LogP contribution is 2.23. The van der Waals surface area contributed by atoms with Crippen molar-refractivity contribution in [2.75, 3.05) is 29.5 Å². The Morgan fingerprint density at radius 3 is 2.76 bits per heavy atom. The van der Waals surface area contributed by atoms with E-state index in [1.54, 1.807) is 24.3 Å². The quantitative estimate of drug-likeness (QED) is 0.822. The normalized spacial score (nSPS) is 19.9. The van der Waals surface area contributed by atoms with E-state index in [1.165, 1.54) is 11.5 Å². The van der Waals surface area contributed by atoms with Crippen LogP contribution in [0.2, 0.25) is 0 Å². The molecule has 0 aliphatic carbocycles. The van der Waals surface area contributed by atoms with Gasteiger partial charge in [-0.25, -0.2) is 0 Å². The number of carbonyl (C=O) groups excluding carboxylic acids is 1. The fourth-order valence-corrected chi connectivity index (χ4v) is 4.21. The van der Waals surface area contributed by atoms with Gasteiger partial charge in [0, 0.05) is 40.3 Å². The van der Waals surface area contributed by atoms with Crippen molar-refractivity contribution in [2.45, 2.75) is 5.25 Å². The molecule has 1 aromatic rings. The summed E-state index contributed by atoms with van der Waals surface area (Å²) in [6.07, 6.45) is 0. The Morgan fingerprint density at radius 2 is 2.12 bits per heavy atom. The number of nitrogens with two attached hydrogens (primary N) is 1. The fourth-order valence-electron chi connectivity index (χ4n) is 1.60. The first-order chi connectivity index (χ1) is 8.25. The molecule has 1 amide bonds. The lowest BCUT2D eigenvalue weighted by molar-refractivity contribution is 0.0954. The minimum Gasteiger partial charge on any atom is -0.399 e. The predicted molar refractivity (Wildman–Crippen MR) is 76.8 cm³/mol. The zero-order valence-electron chi connectivity index (χ0n) is 9.52. The molecular weight excluding hydrogens is 252 g/mol. The van der Waals surface area contributed by atoms with E-state index in [0.717, 1.165) is 12.3 Å². The Bertz CT molecular complexity index is 375. The summed E-state index contributed by atoms with van der Waals surface area (Å²) in [5, 5.41) is 3.52. The van der Waals surface area contributed by atoms with Gasteiger partial charge in [0.15, 0.2) is 0 Å². The van der Waals surface area contributed by atoms with Gasteiger partial charge in [0.2, 0.25) is 0 Å². The average molecular weight is 268 g/mol. The Labute approximate surface area is 110 Å². The maximum absolute atomic E-state index is 11.8. The molecule has 1 saturated heterocycles. The van der Waals surface area contributed by atoms with Crippen LogP contribution in [0.4, 0.5) is 5.69 Å². The Hall–Kier alpha value is -0.810. The first-order valence-electron chi connectivity index (χ1n) is 5.59. The van der Waals surface area contributed by atoms with E-state index in [0.29, 0.717) is 16.5 Å². The van der Waals surface area contributed by atoms with Crippen LogP contribution in [0.15, 0.2) is 24.3 Å². The van der Waals surface area contributed by atoms with Crippen molar-refractivity contribution in [3.63, 3.8) is 0 Å². The van der Waals surface area contributed by atoms with Crippen LogP contribution in [-0.2, 0) is 0 Å². The molecule has 2 rings (SSSR count). The number of benzene rings is 1. The zero-order chi connectivity index (χ0) is 12.1. The van der Waals surface area contributed by atoms with Crippen molar-refractivity contribution >= 4 is 35.1 Å². The summed E-state index contributed by atoms with van der Waals surface area (Å²) in [5.41, 5.74) is 6.93. The van der Waals surface area contributed by atoms with Gasteiger partial charge in [-0.05, 0) is 24.3 Å². The molecule has 92 valence electrons. The summed E-state index contributed by atoms with van der Waals surface area (Å²) >= 11 is 3.91. The number of nitrogens with one attached hydrogen (secondary N) is 1. The van der Waals surface area contributed by atoms with Gasteiger partial charge < -0.3 is 11.1 Å². The van der Waals surface area contributed by atoms with Gasteiger partial charge in [0.1, 0.15) is 0 Å². The van der Waals surface area contributed by atoms with Crippen molar-refractivity contribution in [3.05, 3.63) is 29.8 Å². The zero-order valence-corrected chi connectivity index (χ0v) is 11.2.